The van der Waals surface area contributed by atoms with Crippen molar-refractivity contribution < 1.29 is 23.2 Å². The molecule has 1 heterocycles. The van der Waals surface area contributed by atoms with Crippen molar-refractivity contribution in [3.63, 3.8) is 0 Å². The minimum Gasteiger partial charge on any atom is -0.334 e. The summed E-state index contributed by atoms with van der Waals surface area (Å²) >= 11 is 0. The van der Waals surface area contributed by atoms with Crippen molar-refractivity contribution in [1.82, 2.24) is 15.5 Å². The van der Waals surface area contributed by atoms with E-state index in [1.165, 1.54) is 0 Å². The van der Waals surface area contributed by atoms with Gasteiger partial charge in [-0.3, -0.25) is 14.9 Å². The van der Waals surface area contributed by atoms with Gasteiger partial charge in [0.05, 0.1) is 5.56 Å². The molecule has 6 nitrogen and oxygen atoms in total. The number of rotatable bonds is 7. The lowest BCUT2D eigenvalue weighted by atomic mass is 9.88. The van der Waals surface area contributed by atoms with E-state index in [-0.39, 0.29) is 29.6 Å². The molecule has 0 atom stereocenters. The predicted molar refractivity (Wildman–Crippen MR) is 111 cm³/mol. The zero-order chi connectivity index (χ0) is 22.2. The number of hydrogen-bond acceptors (Lipinski definition) is 4. The molecule has 3 rings (SSSR count). The first-order valence-corrected chi connectivity index (χ1v) is 10.3. The Bertz CT molecular complexity index is 929. The lowest BCUT2D eigenvalue weighted by molar-refractivity contribution is -0.120. The van der Waals surface area contributed by atoms with Gasteiger partial charge in [-0.15, -0.1) is 0 Å². The second-order valence-electron chi connectivity index (χ2n) is 7.57. The van der Waals surface area contributed by atoms with Gasteiger partial charge in [0.1, 0.15) is 11.6 Å². The third-order valence-electron chi connectivity index (χ3n) is 5.36. The van der Waals surface area contributed by atoms with Gasteiger partial charge in [-0.1, -0.05) is 30.3 Å². The molecule has 0 spiro atoms. The lowest BCUT2D eigenvalue weighted by Gasteiger charge is -2.31. The standard InChI is InChI=1S/C23H25F2N3O3/c24-18-6-7-20(25)19(14-18)22(30)17-8-11-28(12-9-17)13-10-21(29)27-23(31)26-15-16-4-2-1-3-5-16/h1-7,14,17H,8-13,15H2,(H2,26,27,29,31). The summed E-state index contributed by atoms with van der Waals surface area (Å²) in [5, 5.41) is 4.93. The number of nitrogens with zero attached hydrogens (tertiary/aromatic N) is 1. The number of Topliss-reactive ketones (excluding diaryl/α,β-unsaturated/α-hetero) is 1. The molecule has 0 bridgehead atoms. The lowest BCUT2D eigenvalue weighted by Crippen LogP contribution is -2.42. The molecule has 0 aliphatic carbocycles. The number of benzene rings is 2. The molecule has 2 aromatic rings. The van der Waals surface area contributed by atoms with Gasteiger partial charge in [0.25, 0.3) is 0 Å². The summed E-state index contributed by atoms with van der Waals surface area (Å²) in [7, 11) is 0. The van der Waals surface area contributed by atoms with Crippen LogP contribution < -0.4 is 10.6 Å². The van der Waals surface area contributed by atoms with E-state index in [4.69, 9.17) is 0 Å². The summed E-state index contributed by atoms with van der Waals surface area (Å²) in [5.41, 5.74) is 0.722. The van der Waals surface area contributed by atoms with Gasteiger partial charge in [0.15, 0.2) is 5.78 Å². The van der Waals surface area contributed by atoms with Crippen molar-refractivity contribution in [3.05, 3.63) is 71.3 Å². The monoisotopic (exact) mass is 429 g/mol. The van der Waals surface area contributed by atoms with Gasteiger partial charge in [-0.05, 0) is 49.7 Å². The number of urea groups is 1. The Balaban J connectivity index is 1.37. The Morgan fingerprint density at radius 1 is 1.00 bits per heavy atom. The van der Waals surface area contributed by atoms with Gasteiger partial charge < -0.3 is 10.2 Å². The highest BCUT2D eigenvalue weighted by Gasteiger charge is 2.27. The van der Waals surface area contributed by atoms with Crippen LogP contribution in [0.5, 0.6) is 0 Å². The van der Waals surface area contributed by atoms with E-state index in [0.717, 1.165) is 23.8 Å². The molecule has 164 valence electrons. The zero-order valence-electron chi connectivity index (χ0n) is 17.1. The molecular weight excluding hydrogens is 404 g/mol. The number of carbonyl (C=O) groups excluding carboxylic acids is 3. The van der Waals surface area contributed by atoms with Crippen LogP contribution in [-0.2, 0) is 11.3 Å². The van der Waals surface area contributed by atoms with Crippen LogP contribution in [0, 0.1) is 17.6 Å². The Labute approximate surface area is 179 Å². The maximum Gasteiger partial charge on any atom is 0.321 e. The number of hydrogen-bond donors (Lipinski definition) is 2. The van der Waals surface area contributed by atoms with E-state index in [9.17, 15) is 23.2 Å². The number of likely N-dealkylation sites (tertiary alicyclic amines) is 1. The van der Waals surface area contributed by atoms with E-state index >= 15 is 0 Å². The van der Waals surface area contributed by atoms with E-state index in [0.29, 0.717) is 39.0 Å². The fourth-order valence-corrected chi connectivity index (χ4v) is 3.60. The number of halogens is 2. The Kier molecular flexibility index (Phi) is 7.83. The highest BCUT2D eigenvalue weighted by Crippen LogP contribution is 2.23. The van der Waals surface area contributed by atoms with E-state index < -0.39 is 17.7 Å². The Morgan fingerprint density at radius 2 is 1.71 bits per heavy atom. The van der Waals surface area contributed by atoms with Crippen LogP contribution in [0.3, 0.4) is 0 Å². The molecule has 2 aromatic carbocycles. The Hall–Kier alpha value is -3.13. The van der Waals surface area contributed by atoms with Crippen LogP contribution in [0.2, 0.25) is 0 Å². The number of imide groups is 1. The fraction of sp³-hybridized carbons (Fsp3) is 0.348. The van der Waals surface area contributed by atoms with Crippen molar-refractivity contribution in [2.75, 3.05) is 19.6 Å². The van der Waals surface area contributed by atoms with Gasteiger partial charge in [0, 0.05) is 25.4 Å². The quantitative estimate of drug-likeness (QED) is 0.663. The van der Waals surface area contributed by atoms with Crippen molar-refractivity contribution >= 4 is 17.7 Å². The second kappa shape index (κ2) is 10.8. The van der Waals surface area contributed by atoms with Gasteiger partial charge in [0.2, 0.25) is 5.91 Å². The average Bonchev–Trinajstić information content (AvgIpc) is 2.78. The van der Waals surface area contributed by atoms with Crippen LogP contribution in [-0.4, -0.2) is 42.3 Å². The van der Waals surface area contributed by atoms with Crippen LogP contribution in [0.15, 0.2) is 48.5 Å². The smallest absolute Gasteiger partial charge is 0.321 e. The van der Waals surface area contributed by atoms with Crippen LogP contribution in [0.25, 0.3) is 0 Å². The summed E-state index contributed by atoms with van der Waals surface area (Å²) in [6.45, 7) is 1.92. The highest BCUT2D eigenvalue weighted by molar-refractivity contribution is 5.98. The largest absolute Gasteiger partial charge is 0.334 e. The van der Waals surface area contributed by atoms with Crippen molar-refractivity contribution in [2.24, 2.45) is 5.92 Å². The number of nitrogens with one attached hydrogen (secondary N) is 2. The number of amides is 3. The number of piperidine rings is 1. The number of ketones is 1. The molecule has 1 fully saturated rings. The summed E-state index contributed by atoms with van der Waals surface area (Å²) in [6, 6.07) is 11.7. The van der Waals surface area contributed by atoms with Gasteiger partial charge in [-0.25, -0.2) is 13.6 Å². The van der Waals surface area contributed by atoms with E-state index in [1.54, 1.807) is 0 Å². The molecule has 1 saturated heterocycles. The molecule has 0 saturated carbocycles. The topological polar surface area (TPSA) is 78.5 Å². The van der Waals surface area contributed by atoms with Crippen LogP contribution in [0.1, 0.15) is 35.2 Å². The molecule has 1 aliphatic rings. The van der Waals surface area contributed by atoms with Crippen molar-refractivity contribution in [2.45, 2.75) is 25.8 Å². The third kappa shape index (κ3) is 6.68. The first-order chi connectivity index (χ1) is 14.9. The molecule has 0 unspecified atom stereocenters. The molecule has 8 heteroatoms. The molecule has 1 aliphatic heterocycles. The van der Waals surface area contributed by atoms with Gasteiger partial charge >= 0.3 is 6.03 Å². The fourth-order valence-electron chi connectivity index (χ4n) is 3.60. The third-order valence-corrected chi connectivity index (χ3v) is 5.36. The summed E-state index contributed by atoms with van der Waals surface area (Å²) in [4.78, 5) is 38.4. The Morgan fingerprint density at radius 3 is 2.42 bits per heavy atom. The molecular formula is C23H25F2N3O3. The predicted octanol–water partition coefficient (Wildman–Crippen LogP) is 3.28. The highest BCUT2D eigenvalue weighted by atomic mass is 19.1. The first-order valence-electron chi connectivity index (χ1n) is 10.3. The average molecular weight is 429 g/mol. The molecule has 0 aromatic heterocycles. The normalized spacial score (nSPS) is 14.8. The molecule has 31 heavy (non-hydrogen) atoms. The summed E-state index contributed by atoms with van der Waals surface area (Å²) in [6.07, 6.45) is 1.16. The van der Waals surface area contributed by atoms with Crippen LogP contribution in [0.4, 0.5) is 13.6 Å². The zero-order valence-corrected chi connectivity index (χ0v) is 17.1. The van der Waals surface area contributed by atoms with Crippen LogP contribution >= 0.6 is 0 Å². The second-order valence-corrected chi connectivity index (χ2v) is 7.57. The molecule has 2 N–H and O–H groups in total. The number of carbonyl (C=O) groups is 3. The maximum atomic E-state index is 13.8. The SMILES string of the molecule is O=C(CCN1CCC(C(=O)c2cc(F)ccc2F)CC1)NC(=O)NCc1ccccc1. The minimum absolute atomic E-state index is 0.149. The molecule has 3 amide bonds. The van der Waals surface area contributed by atoms with Crippen molar-refractivity contribution in [1.29, 1.82) is 0 Å². The minimum atomic E-state index is -0.712. The first kappa shape index (κ1) is 22.6. The van der Waals surface area contributed by atoms with Crippen molar-refractivity contribution in [3.8, 4) is 0 Å². The van der Waals surface area contributed by atoms with E-state index in [1.807, 2.05) is 35.2 Å². The maximum absolute atomic E-state index is 13.8. The van der Waals surface area contributed by atoms with E-state index in [2.05, 4.69) is 10.6 Å². The molecule has 0 radical (unpaired) electrons. The van der Waals surface area contributed by atoms with Gasteiger partial charge in [-0.2, -0.15) is 0 Å². The summed E-state index contributed by atoms with van der Waals surface area (Å²) < 4.78 is 27.2. The summed E-state index contributed by atoms with van der Waals surface area (Å²) in [5.74, 6) is -2.49.